The van der Waals surface area contributed by atoms with Gasteiger partial charge in [-0.2, -0.15) is 14.7 Å². The standard InChI is InChI=1S/C29H38N6O5S/c1-28(2,3)40-24(36)15-29(4,5)34-17-19-14-20(10-11-23(19)41(34,38)39)32-26-25-22(12-13-31-27(25)37)35(33-26)21-9-7-6-8-18(21)16-30/h10-14,18,21,38-39H,6-9,15,17H2,1-5H3,(H,31,37)(H,32,33). The molecule has 1 fully saturated rings. The zero-order valence-electron chi connectivity index (χ0n) is 24.1. The van der Waals surface area contributed by atoms with Crippen LogP contribution in [0.15, 0.2) is 40.2 Å². The van der Waals surface area contributed by atoms with Crippen LogP contribution in [-0.2, 0) is 16.1 Å². The predicted molar refractivity (Wildman–Crippen MR) is 158 cm³/mol. The van der Waals surface area contributed by atoms with Gasteiger partial charge in [0, 0.05) is 24.0 Å². The number of H-pyrrole nitrogens is 1. The fraction of sp³-hybridized carbons (Fsp3) is 0.517. The molecule has 0 spiro atoms. The molecular weight excluding hydrogens is 544 g/mol. The Balaban J connectivity index is 1.44. The lowest BCUT2D eigenvalue weighted by Crippen LogP contribution is -2.44. The monoisotopic (exact) mass is 582 g/mol. The van der Waals surface area contributed by atoms with Gasteiger partial charge in [-0.25, -0.2) is 0 Å². The number of benzene rings is 1. The number of nitrogens with zero attached hydrogens (tertiary/aromatic N) is 4. The molecule has 12 heteroatoms. The molecule has 0 bridgehead atoms. The van der Waals surface area contributed by atoms with Gasteiger partial charge in [-0.15, -0.1) is 10.8 Å². The average Bonchev–Trinajstić information content (AvgIpc) is 3.37. The number of esters is 1. The summed E-state index contributed by atoms with van der Waals surface area (Å²) in [5, 5.41) is 18.2. The summed E-state index contributed by atoms with van der Waals surface area (Å²) in [5.41, 5.74) is 0.158. The highest BCUT2D eigenvalue weighted by atomic mass is 32.3. The number of aromatic nitrogens is 3. The first kappa shape index (κ1) is 29.1. The summed E-state index contributed by atoms with van der Waals surface area (Å²) in [5.74, 6) is -0.227. The van der Waals surface area contributed by atoms with Crippen molar-refractivity contribution in [2.75, 3.05) is 5.32 Å². The molecule has 2 unspecified atom stereocenters. The largest absolute Gasteiger partial charge is 0.460 e. The zero-order chi connectivity index (χ0) is 29.7. The minimum absolute atomic E-state index is 0.0176. The highest BCUT2D eigenvalue weighted by Gasteiger charge is 2.45. The van der Waals surface area contributed by atoms with Gasteiger partial charge in [0.05, 0.1) is 34.9 Å². The number of anilines is 2. The van der Waals surface area contributed by atoms with Crippen LogP contribution in [-0.4, -0.2) is 45.3 Å². The van der Waals surface area contributed by atoms with Crippen LogP contribution in [0.1, 0.15) is 78.3 Å². The Kier molecular flexibility index (Phi) is 7.44. The van der Waals surface area contributed by atoms with Crippen LogP contribution in [0, 0.1) is 17.2 Å². The fourth-order valence-corrected chi connectivity index (χ4v) is 7.96. The average molecular weight is 583 g/mol. The van der Waals surface area contributed by atoms with Crippen molar-refractivity contribution < 1.29 is 18.6 Å². The van der Waals surface area contributed by atoms with Crippen molar-refractivity contribution in [2.24, 2.45) is 5.92 Å². The number of rotatable bonds is 6. The Morgan fingerprint density at radius 3 is 2.66 bits per heavy atom. The fourth-order valence-electron chi connectivity index (χ4n) is 5.92. The lowest BCUT2D eigenvalue weighted by Gasteiger charge is -2.46. The number of ether oxygens (including phenoxy) is 1. The van der Waals surface area contributed by atoms with Crippen LogP contribution in [0.2, 0.25) is 0 Å². The number of aromatic amines is 1. The number of nitrogens with one attached hydrogen (secondary N) is 2. The summed E-state index contributed by atoms with van der Waals surface area (Å²) < 4.78 is 31.3. The number of carbonyl (C=O) groups is 1. The Morgan fingerprint density at radius 1 is 1.22 bits per heavy atom. The number of hydrogen-bond acceptors (Lipinski definition) is 9. The maximum atomic E-state index is 12.9. The van der Waals surface area contributed by atoms with Gasteiger partial charge in [0.1, 0.15) is 11.0 Å². The van der Waals surface area contributed by atoms with Gasteiger partial charge < -0.3 is 15.0 Å². The van der Waals surface area contributed by atoms with Gasteiger partial charge in [-0.05, 0) is 77.3 Å². The molecule has 1 aromatic carbocycles. The van der Waals surface area contributed by atoms with E-state index in [1.54, 1.807) is 63.3 Å². The van der Waals surface area contributed by atoms with E-state index in [4.69, 9.17) is 9.84 Å². The molecule has 3 heterocycles. The van der Waals surface area contributed by atoms with Crippen LogP contribution in [0.4, 0.5) is 11.5 Å². The maximum absolute atomic E-state index is 12.9. The second-order valence-electron chi connectivity index (χ2n) is 12.5. The van der Waals surface area contributed by atoms with Gasteiger partial charge in [-0.3, -0.25) is 23.4 Å². The molecule has 1 aliphatic carbocycles. The Hall–Kier alpha value is -3.37. The number of fused-ring (bicyclic) bond motifs is 2. The summed E-state index contributed by atoms with van der Waals surface area (Å²) >= 11 is 0. The van der Waals surface area contributed by atoms with Crippen molar-refractivity contribution in [3.63, 3.8) is 0 Å². The topological polar surface area (TPSA) is 156 Å². The lowest BCUT2D eigenvalue weighted by molar-refractivity contribution is -0.157. The first-order valence-corrected chi connectivity index (χ1v) is 15.4. The summed E-state index contributed by atoms with van der Waals surface area (Å²) in [6.07, 6.45) is 5.17. The number of pyridine rings is 1. The van der Waals surface area contributed by atoms with Gasteiger partial charge in [0.25, 0.3) is 5.56 Å². The first-order valence-electron chi connectivity index (χ1n) is 13.9. The van der Waals surface area contributed by atoms with Crippen molar-refractivity contribution in [2.45, 2.75) is 95.3 Å². The zero-order valence-corrected chi connectivity index (χ0v) is 24.9. The van der Waals surface area contributed by atoms with Crippen molar-refractivity contribution in [1.82, 2.24) is 19.1 Å². The van der Waals surface area contributed by atoms with Crippen LogP contribution in [0.3, 0.4) is 0 Å². The van der Waals surface area contributed by atoms with E-state index in [9.17, 15) is 24.0 Å². The highest BCUT2D eigenvalue weighted by Crippen LogP contribution is 2.62. The van der Waals surface area contributed by atoms with Gasteiger partial charge in [-0.1, -0.05) is 12.8 Å². The maximum Gasteiger partial charge on any atom is 0.308 e. The minimum atomic E-state index is -3.35. The van der Waals surface area contributed by atoms with E-state index in [2.05, 4.69) is 16.4 Å². The van der Waals surface area contributed by atoms with Gasteiger partial charge in [0.2, 0.25) is 0 Å². The van der Waals surface area contributed by atoms with E-state index in [1.807, 2.05) is 10.7 Å². The molecule has 1 saturated carbocycles. The van der Waals surface area contributed by atoms with Crippen molar-refractivity contribution >= 4 is 39.2 Å². The van der Waals surface area contributed by atoms with E-state index in [-0.39, 0.29) is 30.5 Å². The first-order chi connectivity index (χ1) is 19.2. The Bertz CT molecular complexity index is 1580. The summed E-state index contributed by atoms with van der Waals surface area (Å²) in [4.78, 5) is 28.6. The SMILES string of the molecule is CC(C)(C)OC(=O)CC(C)(C)N1Cc2cc(Nc3nn(C4CCCCC4C#N)c4cc[nH]c(=O)c34)ccc2S1(O)O. The minimum Gasteiger partial charge on any atom is -0.460 e. The van der Waals surface area contributed by atoms with Crippen molar-refractivity contribution in [3.8, 4) is 6.07 Å². The van der Waals surface area contributed by atoms with Gasteiger partial charge in [0.15, 0.2) is 5.82 Å². The molecule has 5 rings (SSSR count). The molecule has 2 aromatic heterocycles. The molecule has 3 aromatic rings. The third-order valence-electron chi connectivity index (χ3n) is 7.75. The molecule has 2 aliphatic rings. The molecule has 2 atom stereocenters. The van der Waals surface area contributed by atoms with E-state index < -0.39 is 27.9 Å². The van der Waals surface area contributed by atoms with E-state index in [0.717, 1.165) is 25.7 Å². The molecule has 11 nitrogen and oxygen atoms in total. The van der Waals surface area contributed by atoms with Crippen LogP contribution in [0.5, 0.6) is 0 Å². The van der Waals surface area contributed by atoms with Crippen molar-refractivity contribution in [3.05, 3.63) is 46.4 Å². The lowest BCUT2D eigenvalue weighted by atomic mass is 9.85. The van der Waals surface area contributed by atoms with Gasteiger partial charge >= 0.3 is 5.97 Å². The molecule has 41 heavy (non-hydrogen) atoms. The number of hydrogen-bond donors (Lipinski definition) is 4. The van der Waals surface area contributed by atoms with Crippen LogP contribution < -0.4 is 10.9 Å². The molecular formula is C29H38N6O5S. The molecule has 1 aliphatic heterocycles. The smallest absolute Gasteiger partial charge is 0.308 e. The second-order valence-corrected chi connectivity index (χ2v) is 14.4. The predicted octanol–water partition coefficient (Wildman–Crippen LogP) is 6.07. The molecule has 0 saturated heterocycles. The highest BCUT2D eigenvalue weighted by molar-refractivity contribution is 8.22. The molecule has 220 valence electrons. The molecule has 4 N–H and O–H groups in total. The van der Waals surface area contributed by atoms with Crippen LogP contribution >= 0.6 is 10.8 Å². The third kappa shape index (κ3) is 5.59. The van der Waals surface area contributed by atoms with E-state index in [1.165, 1.54) is 0 Å². The van der Waals surface area contributed by atoms with Crippen molar-refractivity contribution in [1.29, 1.82) is 5.26 Å². The van der Waals surface area contributed by atoms with Crippen LogP contribution in [0.25, 0.3) is 10.9 Å². The summed E-state index contributed by atoms with van der Waals surface area (Å²) in [7, 11) is -3.35. The van der Waals surface area contributed by atoms with E-state index >= 15 is 0 Å². The Morgan fingerprint density at radius 2 is 1.95 bits per heavy atom. The third-order valence-corrected chi connectivity index (χ3v) is 9.98. The second kappa shape index (κ2) is 10.5. The Labute approximate surface area is 241 Å². The number of nitriles is 1. The summed E-state index contributed by atoms with van der Waals surface area (Å²) in [6.45, 7) is 9.18. The molecule has 0 amide bonds. The normalized spacial score (nSPS) is 21.7. The summed E-state index contributed by atoms with van der Waals surface area (Å²) in [6, 6.07) is 9.30. The number of carbonyl (C=O) groups excluding carboxylic acids is 1. The quantitative estimate of drug-likeness (QED) is 0.253. The molecule has 0 radical (unpaired) electrons. The van der Waals surface area contributed by atoms with E-state index in [0.29, 0.717) is 32.9 Å².